The van der Waals surface area contributed by atoms with Crippen LogP contribution in [0.5, 0.6) is 0 Å². The van der Waals surface area contributed by atoms with Gasteiger partial charge in [0.15, 0.2) is 0 Å². The van der Waals surface area contributed by atoms with Gasteiger partial charge in [-0.1, -0.05) is 33.1 Å². The van der Waals surface area contributed by atoms with Crippen molar-refractivity contribution in [2.75, 3.05) is 13.1 Å². The fourth-order valence-electron chi connectivity index (χ4n) is 3.78. The van der Waals surface area contributed by atoms with E-state index in [1.807, 2.05) is 11.3 Å². The Morgan fingerprint density at radius 2 is 2.10 bits per heavy atom. The van der Waals surface area contributed by atoms with E-state index in [0.717, 1.165) is 17.8 Å². The quantitative estimate of drug-likeness (QED) is 0.668. The second-order valence-corrected chi connectivity index (χ2v) is 7.45. The molecule has 1 fully saturated rings. The van der Waals surface area contributed by atoms with Crippen molar-refractivity contribution in [2.45, 2.75) is 65.2 Å². The second kappa shape index (κ2) is 8.19. The fraction of sp³-hybridized carbons (Fsp3) is 0.778. The van der Waals surface area contributed by atoms with Gasteiger partial charge >= 0.3 is 0 Å². The van der Waals surface area contributed by atoms with E-state index in [-0.39, 0.29) is 0 Å². The molecule has 0 spiro atoms. The number of aryl methyl sites for hydroxylation is 1. The summed E-state index contributed by atoms with van der Waals surface area (Å²) in [5.74, 6) is 2.63. The Hall–Kier alpha value is -0.340. The van der Waals surface area contributed by atoms with Crippen LogP contribution in [0.4, 0.5) is 0 Å². The van der Waals surface area contributed by atoms with Crippen LogP contribution in [0.2, 0.25) is 0 Å². The minimum absolute atomic E-state index is 0.810. The van der Waals surface area contributed by atoms with Crippen LogP contribution >= 0.6 is 11.3 Å². The lowest BCUT2D eigenvalue weighted by molar-refractivity contribution is 0.222. The Morgan fingerprint density at radius 3 is 2.75 bits per heavy atom. The van der Waals surface area contributed by atoms with Gasteiger partial charge in [0.05, 0.1) is 0 Å². The Bertz CT molecular complexity index is 385. The van der Waals surface area contributed by atoms with Crippen LogP contribution in [-0.2, 0) is 0 Å². The number of hydrogen-bond acceptors (Lipinski definition) is 2. The molecule has 0 amide bonds. The van der Waals surface area contributed by atoms with Crippen LogP contribution < -0.4 is 5.32 Å². The molecule has 3 atom stereocenters. The summed E-state index contributed by atoms with van der Waals surface area (Å²) >= 11 is 1.99. The molecule has 2 rings (SSSR count). The molecule has 114 valence electrons. The van der Waals surface area contributed by atoms with E-state index in [1.165, 1.54) is 57.2 Å². The first-order valence-electron chi connectivity index (χ1n) is 8.50. The Morgan fingerprint density at radius 1 is 1.25 bits per heavy atom. The van der Waals surface area contributed by atoms with E-state index in [4.69, 9.17) is 0 Å². The van der Waals surface area contributed by atoms with Crippen molar-refractivity contribution >= 4 is 11.3 Å². The van der Waals surface area contributed by atoms with Crippen molar-refractivity contribution < 1.29 is 0 Å². The third-order valence-electron chi connectivity index (χ3n) is 4.87. The predicted octanol–water partition coefficient (Wildman–Crippen LogP) is 5.36. The molecule has 0 radical (unpaired) electrons. The van der Waals surface area contributed by atoms with Gasteiger partial charge in [-0.2, -0.15) is 0 Å². The SMILES string of the molecule is CCCNCC1CCC(CCC)CC1c1sccc1C. The summed E-state index contributed by atoms with van der Waals surface area (Å²) in [7, 11) is 0. The summed E-state index contributed by atoms with van der Waals surface area (Å²) in [6, 6.07) is 2.31. The topological polar surface area (TPSA) is 12.0 Å². The minimum atomic E-state index is 0.810. The maximum absolute atomic E-state index is 3.67. The van der Waals surface area contributed by atoms with E-state index in [1.54, 1.807) is 4.88 Å². The smallest absolute Gasteiger partial charge is 0.0109 e. The van der Waals surface area contributed by atoms with Gasteiger partial charge in [-0.05, 0) is 74.0 Å². The maximum atomic E-state index is 3.67. The first-order chi connectivity index (χ1) is 9.76. The van der Waals surface area contributed by atoms with Crippen molar-refractivity contribution in [3.63, 3.8) is 0 Å². The molecule has 20 heavy (non-hydrogen) atoms. The molecule has 1 heterocycles. The molecule has 1 aliphatic rings. The summed E-state index contributed by atoms with van der Waals surface area (Å²) in [5, 5.41) is 5.95. The van der Waals surface area contributed by atoms with Crippen LogP contribution in [0.15, 0.2) is 11.4 Å². The Labute approximate surface area is 129 Å². The lowest BCUT2D eigenvalue weighted by Crippen LogP contribution is -2.32. The molecule has 1 aromatic rings. The van der Waals surface area contributed by atoms with Gasteiger partial charge in [-0.3, -0.25) is 0 Å². The zero-order valence-electron chi connectivity index (χ0n) is 13.5. The summed E-state index contributed by atoms with van der Waals surface area (Å²) in [6.45, 7) is 9.28. The minimum Gasteiger partial charge on any atom is -0.316 e. The van der Waals surface area contributed by atoms with Crippen LogP contribution in [0.25, 0.3) is 0 Å². The van der Waals surface area contributed by atoms with E-state index in [9.17, 15) is 0 Å². The summed E-state index contributed by atoms with van der Waals surface area (Å²) in [6.07, 6.45) is 8.31. The summed E-state index contributed by atoms with van der Waals surface area (Å²) in [4.78, 5) is 1.68. The standard InChI is InChI=1S/C18H31NS/c1-4-6-15-7-8-16(13-19-10-5-2)17(12-15)18-14(3)9-11-20-18/h9,11,15-17,19H,4-8,10,12-13H2,1-3H3. The van der Waals surface area contributed by atoms with Crippen molar-refractivity contribution in [3.05, 3.63) is 21.9 Å². The molecule has 0 aliphatic heterocycles. The lowest BCUT2D eigenvalue weighted by atomic mass is 9.71. The molecule has 2 heteroatoms. The first kappa shape index (κ1) is 16.0. The monoisotopic (exact) mass is 293 g/mol. The summed E-state index contributed by atoms with van der Waals surface area (Å²) < 4.78 is 0. The molecule has 0 aromatic carbocycles. The van der Waals surface area contributed by atoms with Gasteiger partial charge in [-0.25, -0.2) is 0 Å². The first-order valence-corrected chi connectivity index (χ1v) is 9.38. The van der Waals surface area contributed by atoms with Gasteiger partial charge in [0.25, 0.3) is 0 Å². The molecular weight excluding hydrogens is 262 g/mol. The van der Waals surface area contributed by atoms with Crippen molar-refractivity contribution in [1.29, 1.82) is 0 Å². The highest BCUT2D eigenvalue weighted by Gasteiger charge is 2.32. The molecule has 0 saturated heterocycles. The third-order valence-corrected chi connectivity index (χ3v) is 6.02. The number of thiophene rings is 1. The van der Waals surface area contributed by atoms with Gasteiger partial charge in [0.2, 0.25) is 0 Å². The van der Waals surface area contributed by atoms with E-state index in [0.29, 0.717) is 0 Å². The lowest BCUT2D eigenvalue weighted by Gasteiger charge is -2.36. The molecule has 1 nitrogen and oxygen atoms in total. The van der Waals surface area contributed by atoms with Crippen LogP contribution in [0.1, 0.15) is 68.7 Å². The van der Waals surface area contributed by atoms with Crippen LogP contribution in [0, 0.1) is 18.8 Å². The van der Waals surface area contributed by atoms with Gasteiger partial charge in [0.1, 0.15) is 0 Å². The average molecular weight is 294 g/mol. The van der Waals surface area contributed by atoms with Crippen LogP contribution in [0.3, 0.4) is 0 Å². The average Bonchev–Trinajstić information content (AvgIpc) is 2.87. The number of rotatable bonds is 7. The third kappa shape index (κ3) is 4.08. The van der Waals surface area contributed by atoms with E-state index in [2.05, 4.69) is 37.5 Å². The predicted molar refractivity (Wildman–Crippen MR) is 90.7 cm³/mol. The van der Waals surface area contributed by atoms with Crippen molar-refractivity contribution in [1.82, 2.24) is 5.32 Å². The highest BCUT2D eigenvalue weighted by atomic mass is 32.1. The van der Waals surface area contributed by atoms with Crippen molar-refractivity contribution in [2.24, 2.45) is 11.8 Å². The maximum Gasteiger partial charge on any atom is 0.0109 e. The molecule has 1 aromatic heterocycles. The van der Waals surface area contributed by atoms with E-state index < -0.39 is 0 Å². The molecular formula is C18H31NS. The Kier molecular flexibility index (Phi) is 6.57. The van der Waals surface area contributed by atoms with Gasteiger partial charge in [-0.15, -0.1) is 11.3 Å². The normalized spacial score (nSPS) is 26.9. The number of hydrogen-bond donors (Lipinski definition) is 1. The van der Waals surface area contributed by atoms with Gasteiger partial charge in [0, 0.05) is 4.88 Å². The fourth-order valence-corrected chi connectivity index (χ4v) is 4.92. The highest BCUT2D eigenvalue weighted by Crippen LogP contribution is 2.44. The highest BCUT2D eigenvalue weighted by molar-refractivity contribution is 7.10. The summed E-state index contributed by atoms with van der Waals surface area (Å²) in [5.41, 5.74) is 1.53. The molecule has 1 saturated carbocycles. The largest absolute Gasteiger partial charge is 0.316 e. The molecule has 0 bridgehead atoms. The zero-order chi connectivity index (χ0) is 14.4. The van der Waals surface area contributed by atoms with Gasteiger partial charge < -0.3 is 5.32 Å². The number of nitrogens with one attached hydrogen (secondary N) is 1. The van der Waals surface area contributed by atoms with E-state index >= 15 is 0 Å². The Balaban J connectivity index is 2.04. The molecule has 1 N–H and O–H groups in total. The molecule has 1 aliphatic carbocycles. The zero-order valence-corrected chi connectivity index (χ0v) is 14.3. The molecule has 3 unspecified atom stereocenters. The van der Waals surface area contributed by atoms with Crippen molar-refractivity contribution in [3.8, 4) is 0 Å². The second-order valence-electron chi connectivity index (χ2n) is 6.51. The van der Waals surface area contributed by atoms with Crippen LogP contribution in [-0.4, -0.2) is 13.1 Å².